The monoisotopic (exact) mass is 309 g/mol. The van der Waals surface area contributed by atoms with Crippen LogP contribution in [0.2, 0.25) is 0 Å². The molecule has 0 aliphatic heterocycles. The summed E-state index contributed by atoms with van der Waals surface area (Å²) in [5.41, 5.74) is 0. The van der Waals surface area contributed by atoms with Gasteiger partial charge in [-0.3, -0.25) is 0 Å². The first kappa shape index (κ1) is 13.8. The molecule has 1 aliphatic carbocycles. The zero-order valence-corrected chi connectivity index (χ0v) is 12.6. The highest BCUT2D eigenvalue weighted by atomic mass is 32.2. The van der Waals surface area contributed by atoms with Crippen molar-refractivity contribution >= 4 is 28.4 Å². The lowest BCUT2D eigenvalue weighted by Gasteiger charge is -2.02. The molecule has 3 nitrogen and oxygen atoms in total. The van der Waals surface area contributed by atoms with E-state index < -0.39 is 0 Å². The molecule has 0 radical (unpaired) electrons. The van der Waals surface area contributed by atoms with Crippen molar-refractivity contribution in [3.05, 3.63) is 35.9 Å². The third kappa shape index (κ3) is 3.93. The highest BCUT2D eigenvalue weighted by Crippen LogP contribution is 2.39. The Morgan fingerprint density at radius 3 is 2.85 bits per heavy atom. The Kier molecular flexibility index (Phi) is 4.52. The topological polar surface area (TPSA) is 37.8 Å². The van der Waals surface area contributed by atoms with Gasteiger partial charge in [-0.1, -0.05) is 0 Å². The predicted molar refractivity (Wildman–Crippen MR) is 82.1 cm³/mol. The van der Waals surface area contributed by atoms with Crippen LogP contribution in [0, 0.1) is 5.82 Å². The van der Waals surface area contributed by atoms with Gasteiger partial charge in [0, 0.05) is 28.9 Å². The van der Waals surface area contributed by atoms with E-state index in [1.807, 2.05) is 12.1 Å². The molecule has 20 heavy (non-hydrogen) atoms. The van der Waals surface area contributed by atoms with Crippen molar-refractivity contribution in [2.45, 2.75) is 30.1 Å². The van der Waals surface area contributed by atoms with Crippen molar-refractivity contribution in [2.75, 3.05) is 17.6 Å². The van der Waals surface area contributed by atoms with Crippen LogP contribution < -0.4 is 5.32 Å². The standard InChI is InChI=1S/C14H16FN3S2/c15-11-4-6-12(7-5-11)19-9-1-8-16-14-17-13(18-20-14)10-2-3-10/h4-7,10H,1-3,8-9H2,(H,16,17,18). The fourth-order valence-corrected chi connectivity index (χ4v) is 3.33. The molecule has 1 N–H and O–H groups in total. The van der Waals surface area contributed by atoms with E-state index in [0.717, 1.165) is 34.6 Å². The lowest BCUT2D eigenvalue weighted by atomic mass is 10.4. The highest BCUT2D eigenvalue weighted by Gasteiger charge is 2.27. The van der Waals surface area contributed by atoms with Gasteiger partial charge in [-0.05, 0) is 49.3 Å². The number of benzene rings is 1. The summed E-state index contributed by atoms with van der Waals surface area (Å²) in [7, 11) is 0. The molecule has 1 aromatic carbocycles. The second-order valence-electron chi connectivity index (χ2n) is 4.81. The minimum Gasteiger partial charge on any atom is -0.360 e. The minimum atomic E-state index is -0.182. The summed E-state index contributed by atoms with van der Waals surface area (Å²) in [6.07, 6.45) is 3.52. The third-order valence-electron chi connectivity index (χ3n) is 3.06. The van der Waals surface area contributed by atoms with Crippen molar-refractivity contribution in [2.24, 2.45) is 0 Å². The predicted octanol–water partition coefficient (Wildman–Crippen LogP) is 4.15. The zero-order chi connectivity index (χ0) is 13.8. The molecule has 0 bridgehead atoms. The van der Waals surface area contributed by atoms with Crippen LogP contribution in [0.1, 0.15) is 31.0 Å². The summed E-state index contributed by atoms with van der Waals surface area (Å²) in [5, 5.41) is 4.24. The van der Waals surface area contributed by atoms with Crippen LogP contribution in [0.5, 0.6) is 0 Å². The molecule has 3 rings (SSSR count). The van der Waals surface area contributed by atoms with E-state index in [2.05, 4.69) is 14.7 Å². The van der Waals surface area contributed by atoms with Gasteiger partial charge in [0.1, 0.15) is 11.6 Å². The molecule has 0 unspecified atom stereocenters. The third-order valence-corrected chi connectivity index (χ3v) is 4.85. The van der Waals surface area contributed by atoms with Crippen LogP contribution in [0.4, 0.5) is 9.52 Å². The largest absolute Gasteiger partial charge is 0.360 e. The van der Waals surface area contributed by atoms with Gasteiger partial charge in [-0.25, -0.2) is 9.37 Å². The molecule has 0 saturated heterocycles. The van der Waals surface area contributed by atoms with E-state index in [0.29, 0.717) is 5.92 Å². The molecular weight excluding hydrogens is 293 g/mol. The first-order chi connectivity index (χ1) is 9.81. The second-order valence-corrected chi connectivity index (χ2v) is 6.73. The summed E-state index contributed by atoms with van der Waals surface area (Å²) in [6, 6.07) is 6.64. The van der Waals surface area contributed by atoms with Gasteiger partial charge in [-0.15, -0.1) is 11.8 Å². The fourth-order valence-electron chi connectivity index (χ4n) is 1.80. The molecule has 1 aliphatic rings. The molecule has 2 aromatic rings. The average molecular weight is 309 g/mol. The summed E-state index contributed by atoms with van der Waals surface area (Å²) >= 11 is 3.20. The van der Waals surface area contributed by atoms with E-state index in [4.69, 9.17) is 0 Å². The minimum absolute atomic E-state index is 0.182. The Hall–Kier alpha value is -1.14. The fraction of sp³-hybridized carbons (Fsp3) is 0.429. The van der Waals surface area contributed by atoms with Crippen LogP contribution in [0.15, 0.2) is 29.2 Å². The Balaban J connectivity index is 1.34. The normalized spacial score (nSPS) is 14.4. The van der Waals surface area contributed by atoms with Crippen LogP contribution >= 0.6 is 23.3 Å². The maximum Gasteiger partial charge on any atom is 0.202 e. The molecule has 1 aromatic heterocycles. The molecule has 1 fully saturated rings. The van der Waals surface area contributed by atoms with Gasteiger partial charge in [0.15, 0.2) is 0 Å². The Morgan fingerprint density at radius 1 is 1.30 bits per heavy atom. The SMILES string of the molecule is Fc1ccc(SCCCNc2nc(C3CC3)ns2)cc1. The van der Waals surface area contributed by atoms with Crippen molar-refractivity contribution < 1.29 is 4.39 Å². The average Bonchev–Trinajstić information content (AvgIpc) is 3.20. The number of hydrogen-bond donors (Lipinski definition) is 1. The number of anilines is 1. The van der Waals surface area contributed by atoms with Crippen molar-refractivity contribution in [3.63, 3.8) is 0 Å². The maximum absolute atomic E-state index is 12.7. The van der Waals surface area contributed by atoms with Crippen molar-refractivity contribution in [3.8, 4) is 0 Å². The Morgan fingerprint density at radius 2 is 2.10 bits per heavy atom. The van der Waals surface area contributed by atoms with E-state index >= 15 is 0 Å². The summed E-state index contributed by atoms with van der Waals surface area (Å²) in [4.78, 5) is 5.60. The smallest absolute Gasteiger partial charge is 0.202 e. The van der Waals surface area contributed by atoms with Gasteiger partial charge in [0.25, 0.3) is 0 Å². The Bertz CT molecular complexity index is 552. The lowest BCUT2D eigenvalue weighted by Crippen LogP contribution is -2.02. The van der Waals surface area contributed by atoms with Crippen LogP contribution in [-0.4, -0.2) is 21.7 Å². The van der Waals surface area contributed by atoms with Crippen LogP contribution in [0.3, 0.4) is 0 Å². The van der Waals surface area contributed by atoms with Gasteiger partial charge in [0.05, 0.1) is 0 Å². The van der Waals surface area contributed by atoms with Crippen molar-refractivity contribution in [1.82, 2.24) is 9.36 Å². The van der Waals surface area contributed by atoms with Gasteiger partial charge in [-0.2, -0.15) is 4.37 Å². The van der Waals surface area contributed by atoms with E-state index in [1.54, 1.807) is 11.8 Å². The van der Waals surface area contributed by atoms with Crippen molar-refractivity contribution in [1.29, 1.82) is 0 Å². The molecular formula is C14H16FN3S2. The number of thioether (sulfide) groups is 1. The number of hydrogen-bond acceptors (Lipinski definition) is 5. The summed E-state index contributed by atoms with van der Waals surface area (Å²) in [5.74, 6) is 2.46. The Labute approximate surface area is 126 Å². The summed E-state index contributed by atoms with van der Waals surface area (Å²) in [6.45, 7) is 0.896. The number of aromatic nitrogens is 2. The number of nitrogens with one attached hydrogen (secondary N) is 1. The summed E-state index contributed by atoms with van der Waals surface area (Å²) < 4.78 is 17.1. The quantitative estimate of drug-likeness (QED) is 0.616. The second kappa shape index (κ2) is 6.54. The van der Waals surface area contributed by atoms with Crippen LogP contribution in [0.25, 0.3) is 0 Å². The lowest BCUT2D eigenvalue weighted by molar-refractivity contribution is 0.626. The zero-order valence-electron chi connectivity index (χ0n) is 11.0. The first-order valence-corrected chi connectivity index (χ1v) is 8.53. The molecule has 0 amide bonds. The van der Waals surface area contributed by atoms with E-state index in [-0.39, 0.29) is 5.82 Å². The number of rotatable bonds is 7. The molecule has 6 heteroatoms. The number of halogens is 1. The number of nitrogens with zero attached hydrogens (tertiary/aromatic N) is 2. The molecule has 0 spiro atoms. The van der Waals surface area contributed by atoms with Gasteiger partial charge in [0.2, 0.25) is 5.13 Å². The van der Waals surface area contributed by atoms with Gasteiger partial charge < -0.3 is 5.32 Å². The molecule has 1 heterocycles. The van der Waals surface area contributed by atoms with E-state index in [1.165, 1.54) is 36.5 Å². The molecule has 1 saturated carbocycles. The highest BCUT2D eigenvalue weighted by molar-refractivity contribution is 7.99. The van der Waals surface area contributed by atoms with E-state index in [9.17, 15) is 4.39 Å². The van der Waals surface area contributed by atoms with Crippen LogP contribution in [-0.2, 0) is 0 Å². The molecule has 106 valence electrons. The first-order valence-electron chi connectivity index (χ1n) is 6.77. The molecule has 0 atom stereocenters. The van der Waals surface area contributed by atoms with Gasteiger partial charge >= 0.3 is 0 Å². The maximum atomic E-state index is 12.7.